The zero-order chi connectivity index (χ0) is 17.7. The summed E-state index contributed by atoms with van der Waals surface area (Å²) in [5, 5.41) is 0. The first-order chi connectivity index (χ1) is 11.1. The predicted molar refractivity (Wildman–Crippen MR) is 78.4 cm³/mol. The van der Waals surface area contributed by atoms with E-state index in [1.165, 1.54) is 14.2 Å². The molecule has 0 aromatic carbocycles. The molecule has 7 atom stereocenters. The van der Waals surface area contributed by atoms with Crippen molar-refractivity contribution in [2.75, 3.05) is 20.5 Å². The lowest BCUT2D eigenvalue weighted by atomic mass is 9.90. The molecule has 134 valence electrons. The van der Waals surface area contributed by atoms with Crippen LogP contribution in [0.2, 0.25) is 0 Å². The highest BCUT2D eigenvalue weighted by molar-refractivity contribution is 9.10. The highest BCUT2D eigenvalue weighted by Gasteiger charge is 2.88. The van der Waals surface area contributed by atoms with Gasteiger partial charge in [-0.2, -0.15) is 8.42 Å². The van der Waals surface area contributed by atoms with Gasteiger partial charge in [-0.25, -0.2) is 0 Å². The number of methoxy groups -OCH3 is 2. The molecule has 4 aliphatic rings. The first kappa shape index (κ1) is 16.7. The van der Waals surface area contributed by atoms with E-state index in [0.29, 0.717) is 0 Å². The van der Waals surface area contributed by atoms with Gasteiger partial charge in [0.05, 0.1) is 6.26 Å². The van der Waals surface area contributed by atoms with Crippen LogP contribution in [0.15, 0.2) is 0 Å². The van der Waals surface area contributed by atoms with Gasteiger partial charge in [-0.15, -0.1) is 0 Å². The molecule has 24 heavy (non-hydrogen) atoms. The lowest BCUT2D eigenvalue weighted by Crippen LogP contribution is -2.58. The lowest BCUT2D eigenvalue weighted by molar-refractivity contribution is -0.241. The molecule has 2 aliphatic heterocycles. The fraction of sp³-hybridized carbons (Fsp3) is 0.846. The van der Waals surface area contributed by atoms with Crippen LogP contribution in [0, 0.1) is 17.8 Å². The van der Waals surface area contributed by atoms with Crippen molar-refractivity contribution in [3.05, 3.63) is 0 Å². The van der Waals surface area contributed by atoms with Crippen molar-refractivity contribution in [2.24, 2.45) is 17.8 Å². The van der Waals surface area contributed by atoms with Gasteiger partial charge in [-0.1, -0.05) is 15.9 Å². The summed E-state index contributed by atoms with van der Waals surface area (Å²) in [6.07, 6.45) is -1.94. The number of esters is 2. The van der Waals surface area contributed by atoms with Crippen LogP contribution in [0.5, 0.6) is 0 Å². The van der Waals surface area contributed by atoms with Crippen molar-refractivity contribution in [3.8, 4) is 0 Å². The first-order valence-electron chi connectivity index (χ1n) is 7.21. The summed E-state index contributed by atoms with van der Waals surface area (Å²) in [5.41, 5.74) is 0. The van der Waals surface area contributed by atoms with E-state index in [4.69, 9.17) is 23.1 Å². The number of ether oxygens (including phenoxy) is 4. The molecule has 0 bridgehead atoms. The first-order valence-corrected chi connectivity index (χ1v) is 9.82. The minimum atomic E-state index is -3.84. The topological polar surface area (TPSA) is 114 Å². The van der Waals surface area contributed by atoms with Crippen LogP contribution in [-0.4, -0.2) is 69.3 Å². The Kier molecular flexibility index (Phi) is 3.27. The Morgan fingerprint density at radius 1 is 1.12 bits per heavy atom. The fourth-order valence-electron chi connectivity index (χ4n) is 4.87. The lowest BCUT2D eigenvalue weighted by Gasteiger charge is -2.38. The van der Waals surface area contributed by atoms with E-state index in [2.05, 4.69) is 15.9 Å². The predicted octanol–water partition coefficient (Wildman–Crippen LogP) is -0.819. The summed E-state index contributed by atoms with van der Waals surface area (Å²) in [7, 11) is -1.18. The summed E-state index contributed by atoms with van der Waals surface area (Å²) in [4.78, 5) is 25.1. The van der Waals surface area contributed by atoms with E-state index < -0.39 is 68.2 Å². The van der Waals surface area contributed by atoms with Crippen LogP contribution in [-0.2, 0) is 42.8 Å². The molecule has 2 heterocycles. The Labute approximate surface area is 146 Å². The van der Waals surface area contributed by atoms with Crippen LogP contribution in [0.4, 0.5) is 0 Å². The van der Waals surface area contributed by atoms with Gasteiger partial charge in [0, 0.05) is 26.1 Å². The second kappa shape index (κ2) is 4.70. The molecule has 2 saturated carbocycles. The van der Waals surface area contributed by atoms with Gasteiger partial charge in [0.2, 0.25) is 5.79 Å². The molecule has 0 unspecified atom stereocenters. The number of rotatable bonds is 4. The van der Waals surface area contributed by atoms with Crippen molar-refractivity contribution < 1.29 is 41.1 Å². The van der Waals surface area contributed by atoms with Gasteiger partial charge in [0.1, 0.15) is 18.1 Å². The summed E-state index contributed by atoms with van der Waals surface area (Å²) in [5.74, 6) is -4.90. The zero-order valence-electron chi connectivity index (χ0n) is 12.9. The highest BCUT2D eigenvalue weighted by atomic mass is 79.9. The van der Waals surface area contributed by atoms with E-state index in [1.807, 2.05) is 0 Å². The highest BCUT2D eigenvalue weighted by Crippen LogP contribution is 2.70. The Balaban J connectivity index is 1.88. The van der Waals surface area contributed by atoms with E-state index in [9.17, 15) is 18.0 Å². The van der Waals surface area contributed by atoms with E-state index in [1.54, 1.807) is 0 Å². The molecule has 0 aromatic rings. The monoisotopic (exact) mass is 426 g/mol. The molecular weight excluding hydrogens is 412 g/mol. The van der Waals surface area contributed by atoms with E-state index in [0.717, 1.165) is 6.26 Å². The largest absolute Gasteiger partial charge is 0.459 e. The molecular formula is C13H15BrO9S. The molecule has 4 fully saturated rings. The van der Waals surface area contributed by atoms with Gasteiger partial charge in [0.25, 0.3) is 10.1 Å². The van der Waals surface area contributed by atoms with Crippen LogP contribution >= 0.6 is 15.9 Å². The minimum absolute atomic E-state index is 0.528. The summed E-state index contributed by atoms with van der Waals surface area (Å²) in [6.45, 7) is 0. The molecule has 11 heteroatoms. The SMILES string of the molecule is COC1(OC)[C@@H]2C(=O)O[C@@H]3[C@@H](OS(C)(=O)=O)[C@@H]4OC(=O)[C@@]1(Br)[C@@H]4[C@@H]32. The Morgan fingerprint density at radius 2 is 1.75 bits per heavy atom. The third-order valence-corrected chi connectivity index (χ3v) is 7.47. The summed E-state index contributed by atoms with van der Waals surface area (Å²) >= 11 is 3.40. The number of halogens is 1. The Bertz CT molecular complexity index is 732. The molecule has 2 saturated heterocycles. The van der Waals surface area contributed by atoms with Crippen molar-refractivity contribution in [3.63, 3.8) is 0 Å². The van der Waals surface area contributed by atoms with E-state index in [-0.39, 0.29) is 0 Å². The standard InChI is InChI=1S/C13H15BrO9S/c1-19-13(20-2)6-4-5-8(22-11(16)12(5,13)14)9(23-24(3,17)18)7(4)21-10(6)15/h4-9H,1-3H3/t4-,5-,6+,7+,8-,9-,12+/m1/s1. The van der Waals surface area contributed by atoms with Gasteiger partial charge >= 0.3 is 11.9 Å². The molecule has 0 N–H and O–H groups in total. The summed E-state index contributed by atoms with van der Waals surface area (Å²) in [6, 6.07) is 0. The van der Waals surface area contributed by atoms with Gasteiger partial charge in [-0.05, 0) is 0 Å². The Hall–Kier alpha value is -0.750. The van der Waals surface area contributed by atoms with Crippen molar-refractivity contribution in [2.45, 2.75) is 28.4 Å². The third-order valence-electron chi connectivity index (χ3n) is 5.50. The number of hydrogen-bond donors (Lipinski definition) is 0. The summed E-state index contributed by atoms with van der Waals surface area (Å²) < 4.78 is 48.6. The van der Waals surface area contributed by atoms with Crippen molar-refractivity contribution in [1.29, 1.82) is 0 Å². The fourth-order valence-corrected chi connectivity index (χ4v) is 6.73. The molecule has 2 aliphatic carbocycles. The van der Waals surface area contributed by atoms with Crippen molar-refractivity contribution >= 4 is 38.0 Å². The molecule has 4 rings (SSSR count). The second-order valence-corrected chi connectivity index (χ2v) is 9.26. The van der Waals surface area contributed by atoms with E-state index >= 15 is 0 Å². The third kappa shape index (κ3) is 1.62. The van der Waals surface area contributed by atoms with Crippen LogP contribution in [0.25, 0.3) is 0 Å². The maximum absolute atomic E-state index is 12.6. The molecule has 0 spiro atoms. The molecule has 9 nitrogen and oxygen atoms in total. The maximum atomic E-state index is 12.6. The van der Waals surface area contributed by atoms with Gasteiger partial charge in [-0.3, -0.25) is 13.8 Å². The van der Waals surface area contributed by atoms with Gasteiger partial charge < -0.3 is 18.9 Å². The van der Waals surface area contributed by atoms with Crippen LogP contribution < -0.4 is 0 Å². The number of carbonyl (C=O) groups excluding carboxylic acids is 2. The Morgan fingerprint density at radius 3 is 2.29 bits per heavy atom. The smallest absolute Gasteiger partial charge is 0.329 e. The number of hydrogen-bond acceptors (Lipinski definition) is 9. The average molecular weight is 427 g/mol. The molecule has 0 radical (unpaired) electrons. The normalized spacial score (nSPS) is 47.7. The number of carbonyl (C=O) groups is 2. The van der Waals surface area contributed by atoms with Crippen LogP contribution in [0.1, 0.15) is 0 Å². The maximum Gasteiger partial charge on any atom is 0.329 e. The van der Waals surface area contributed by atoms with Crippen LogP contribution in [0.3, 0.4) is 0 Å². The minimum Gasteiger partial charge on any atom is -0.459 e. The average Bonchev–Trinajstić information content (AvgIpc) is 3.10. The quantitative estimate of drug-likeness (QED) is 0.246. The molecule has 0 aromatic heterocycles. The van der Waals surface area contributed by atoms with Gasteiger partial charge in [0.15, 0.2) is 10.4 Å². The van der Waals surface area contributed by atoms with Crippen molar-refractivity contribution in [1.82, 2.24) is 0 Å². The molecule has 0 amide bonds. The second-order valence-electron chi connectivity index (χ2n) is 6.40. The number of alkyl halides is 1. The zero-order valence-corrected chi connectivity index (χ0v) is 15.3.